The van der Waals surface area contributed by atoms with E-state index in [0.717, 1.165) is 49.2 Å². The summed E-state index contributed by atoms with van der Waals surface area (Å²) in [7, 11) is 0. The molecule has 0 atom stereocenters. The maximum absolute atomic E-state index is 12.4. The first-order valence-corrected chi connectivity index (χ1v) is 10.6. The first-order chi connectivity index (χ1) is 13.1. The van der Waals surface area contributed by atoms with Gasteiger partial charge in [0.25, 0.3) is 5.91 Å². The Morgan fingerprint density at radius 3 is 2.78 bits per heavy atom. The molecular weight excluding hydrogens is 358 g/mol. The first-order valence-electron chi connectivity index (χ1n) is 9.72. The van der Waals surface area contributed by atoms with E-state index in [0.29, 0.717) is 17.8 Å². The molecule has 0 saturated heterocycles. The van der Waals surface area contributed by atoms with Gasteiger partial charge in [-0.2, -0.15) is 0 Å². The standard InChI is InChI=1S/C21H27N3O2S/c1-15-14-27-19(23-15)11-6-12-22-20(25)17-9-5-10-18(13-17)24-21(26)16-7-3-2-4-8-16/h5,9-10,13-14,16H,2-4,6-8,11-12H2,1H3,(H,22,25)(H,24,26). The van der Waals surface area contributed by atoms with Crippen LogP contribution in [0.5, 0.6) is 0 Å². The largest absolute Gasteiger partial charge is 0.352 e. The Kier molecular flexibility index (Phi) is 6.98. The Hall–Kier alpha value is -2.21. The number of aryl methyl sites for hydroxylation is 2. The van der Waals surface area contributed by atoms with E-state index in [9.17, 15) is 9.59 Å². The monoisotopic (exact) mass is 385 g/mol. The Bertz CT molecular complexity index is 781. The SMILES string of the molecule is Cc1csc(CCCNC(=O)c2cccc(NC(=O)C3CCCCC3)c2)n1. The molecule has 1 aliphatic carbocycles. The maximum Gasteiger partial charge on any atom is 0.251 e. The highest BCUT2D eigenvalue weighted by molar-refractivity contribution is 7.09. The number of amides is 2. The minimum absolute atomic E-state index is 0.0750. The second kappa shape index (κ2) is 9.65. The Labute approximate surface area is 164 Å². The predicted molar refractivity (Wildman–Crippen MR) is 109 cm³/mol. The summed E-state index contributed by atoms with van der Waals surface area (Å²) in [5, 5.41) is 9.07. The van der Waals surface area contributed by atoms with Gasteiger partial charge >= 0.3 is 0 Å². The van der Waals surface area contributed by atoms with Gasteiger partial charge in [-0.05, 0) is 44.4 Å². The number of aromatic nitrogens is 1. The predicted octanol–water partition coefficient (Wildman–Crippen LogP) is 4.33. The summed E-state index contributed by atoms with van der Waals surface area (Å²) in [5.74, 6) is 0.0656. The van der Waals surface area contributed by atoms with Crippen LogP contribution in [0.3, 0.4) is 0 Å². The molecule has 2 N–H and O–H groups in total. The van der Waals surface area contributed by atoms with Crippen molar-refractivity contribution in [3.05, 3.63) is 45.9 Å². The quantitative estimate of drug-likeness (QED) is 0.697. The zero-order valence-electron chi connectivity index (χ0n) is 15.8. The number of benzene rings is 1. The topological polar surface area (TPSA) is 71.1 Å². The van der Waals surface area contributed by atoms with Gasteiger partial charge in [-0.15, -0.1) is 11.3 Å². The molecule has 1 saturated carbocycles. The molecule has 1 aromatic carbocycles. The van der Waals surface area contributed by atoms with Crippen LogP contribution in [0.4, 0.5) is 5.69 Å². The van der Waals surface area contributed by atoms with E-state index in [1.54, 1.807) is 23.5 Å². The summed E-state index contributed by atoms with van der Waals surface area (Å²) in [6.07, 6.45) is 7.13. The summed E-state index contributed by atoms with van der Waals surface area (Å²) in [6, 6.07) is 7.17. The third kappa shape index (κ3) is 5.89. The molecule has 1 fully saturated rings. The zero-order valence-corrected chi connectivity index (χ0v) is 16.6. The van der Waals surface area contributed by atoms with Crippen molar-refractivity contribution in [2.45, 2.75) is 51.9 Å². The van der Waals surface area contributed by atoms with Gasteiger partial charge in [0.15, 0.2) is 0 Å². The highest BCUT2D eigenvalue weighted by atomic mass is 32.1. The average molecular weight is 386 g/mol. The number of anilines is 1. The molecule has 0 unspecified atom stereocenters. The molecule has 27 heavy (non-hydrogen) atoms. The van der Waals surface area contributed by atoms with E-state index in [1.165, 1.54) is 6.42 Å². The van der Waals surface area contributed by atoms with E-state index in [4.69, 9.17) is 0 Å². The van der Waals surface area contributed by atoms with Crippen LogP contribution >= 0.6 is 11.3 Å². The molecule has 1 aliphatic rings. The van der Waals surface area contributed by atoms with E-state index in [1.807, 2.05) is 24.4 Å². The van der Waals surface area contributed by atoms with Gasteiger partial charge in [-0.25, -0.2) is 4.98 Å². The first kappa shape index (κ1) is 19.5. The van der Waals surface area contributed by atoms with Crippen molar-refractivity contribution < 1.29 is 9.59 Å². The van der Waals surface area contributed by atoms with Crippen LogP contribution in [0.25, 0.3) is 0 Å². The van der Waals surface area contributed by atoms with Gasteiger partial charge in [0, 0.05) is 41.2 Å². The number of hydrogen-bond acceptors (Lipinski definition) is 4. The van der Waals surface area contributed by atoms with Crippen molar-refractivity contribution >= 4 is 28.8 Å². The minimum atomic E-state index is -0.112. The molecule has 6 heteroatoms. The van der Waals surface area contributed by atoms with Crippen LogP contribution in [0.15, 0.2) is 29.6 Å². The fourth-order valence-electron chi connectivity index (χ4n) is 3.41. The van der Waals surface area contributed by atoms with Crippen LogP contribution in [0.1, 0.15) is 59.6 Å². The number of nitrogens with one attached hydrogen (secondary N) is 2. The summed E-state index contributed by atoms with van der Waals surface area (Å²) >= 11 is 1.66. The van der Waals surface area contributed by atoms with Crippen LogP contribution < -0.4 is 10.6 Å². The number of nitrogens with zero attached hydrogens (tertiary/aromatic N) is 1. The molecule has 5 nitrogen and oxygen atoms in total. The Morgan fingerprint density at radius 1 is 1.22 bits per heavy atom. The molecule has 0 spiro atoms. The van der Waals surface area contributed by atoms with Crippen molar-refractivity contribution in [1.82, 2.24) is 10.3 Å². The van der Waals surface area contributed by atoms with Crippen molar-refractivity contribution in [2.75, 3.05) is 11.9 Å². The summed E-state index contributed by atoms with van der Waals surface area (Å²) < 4.78 is 0. The molecule has 1 heterocycles. The van der Waals surface area contributed by atoms with E-state index in [-0.39, 0.29) is 17.7 Å². The van der Waals surface area contributed by atoms with E-state index < -0.39 is 0 Å². The fourth-order valence-corrected chi connectivity index (χ4v) is 4.23. The van der Waals surface area contributed by atoms with Crippen LogP contribution in [-0.2, 0) is 11.2 Å². The smallest absolute Gasteiger partial charge is 0.251 e. The normalized spacial score (nSPS) is 14.7. The number of thiazole rings is 1. The van der Waals surface area contributed by atoms with Gasteiger partial charge in [0.1, 0.15) is 0 Å². The third-order valence-electron chi connectivity index (χ3n) is 4.89. The van der Waals surface area contributed by atoms with Crippen LogP contribution in [0.2, 0.25) is 0 Å². The van der Waals surface area contributed by atoms with Crippen LogP contribution in [-0.4, -0.2) is 23.3 Å². The maximum atomic E-state index is 12.4. The highest BCUT2D eigenvalue weighted by Crippen LogP contribution is 2.25. The van der Waals surface area contributed by atoms with Gasteiger partial charge in [-0.1, -0.05) is 25.3 Å². The molecule has 3 rings (SSSR count). The second-order valence-corrected chi connectivity index (χ2v) is 8.09. The minimum Gasteiger partial charge on any atom is -0.352 e. The molecule has 0 aliphatic heterocycles. The lowest BCUT2D eigenvalue weighted by Crippen LogP contribution is -2.26. The second-order valence-electron chi connectivity index (χ2n) is 7.15. The lowest BCUT2D eigenvalue weighted by atomic mass is 9.88. The van der Waals surface area contributed by atoms with Crippen molar-refractivity contribution in [3.8, 4) is 0 Å². The molecular formula is C21H27N3O2S. The number of rotatable bonds is 7. The van der Waals surface area contributed by atoms with Gasteiger partial charge in [0.2, 0.25) is 5.91 Å². The molecule has 144 valence electrons. The molecule has 0 radical (unpaired) electrons. The molecule has 1 aromatic heterocycles. The number of hydrogen-bond donors (Lipinski definition) is 2. The average Bonchev–Trinajstić information content (AvgIpc) is 3.11. The lowest BCUT2D eigenvalue weighted by molar-refractivity contribution is -0.120. The Morgan fingerprint density at radius 2 is 2.04 bits per heavy atom. The fraction of sp³-hybridized carbons (Fsp3) is 0.476. The summed E-state index contributed by atoms with van der Waals surface area (Å²) in [5.41, 5.74) is 2.31. The van der Waals surface area contributed by atoms with Crippen LogP contribution in [0, 0.1) is 12.8 Å². The van der Waals surface area contributed by atoms with Gasteiger partial charge in [-0.3, -0.25) is 9.59 Å². The van der Waals surface area contributed by atoms with Crippen molar-refractivity contribution in [1.29, 1.82) is 0 Å². The van der Waals surface area contributed by atoms with E-state index >= 15 is 0 Å². The molecule has 0 bridgehead atoms. The highest BCUT2D eigenvalue weighted by Gasteiger charge is 2.21. The number of carbonyl (C=O) groups is 2. The van der Waals surface area contributed by atoms with Crippen molar-refractivity contribution in [2.24, 2.45) is 5.92 Å². The van der Waals surface area contributed by atoms with E-state index in [2.05, 4.69) is 15.6 Å². The zero-order chi connectivity index (χ0) is 19.1. The van der Waals surface area contributed by atoms with Gasteiger partial charge in [0.05, 0.1) is 5.01 Å². The Balaban J connectivity index is 1.47. The molecule has 2 aromatic rings. The van der Waals surface area contributed by atoms with Gasteiger partial charge < -0.3 is 10.6 Å². The number of carbonyl (C=O) groups excluding carboxylic acids is 2. The van der Waals surface area contributed by atoms with Crippen molar-refractivity contribution in [3.63, 3.8) is 0 Å². The third-order valence-corrected chi connectivity index (χ3v) is 5.91. The summed E-state index contributed by atoms with van der Waals surface area (Å²) in [6.45, 7) is 2.60. The molecule has 2 amide bonds. The lowest BCUT2D eigenvalue weighted by Gasteiger charge is -2.20. The summed E-state index contributed by atoms with van der Waals surface area (Å²) in [4.78, 5) is 29.2.